The van der Waals surface area contributed by atoms with Crippen molar-refractivity contribution in [2.45, 2.75) is 24.6 Å². The lowest BCUT2D eigenvalue weighted by Crippen LogP contribution is -2.39. The lowest BCUT2D eigenvalue weighted by Gasteiger charge is -2.14. The summed E-state index contributed by atoms with van der Waals surface area (Å²) in [5, 5.41) is 12.6. The van der Waals surface area contributed by atoms with Crippen LogP contribution in [-0.4, -0.2) is 40.3 Å². The minimum atomic E-state index is 0.686. The van der Waals surface area contributed by atoms with Crippen LogP contribution in [0.2, 0.25) is 5.02 Å². The standard InChI is InChI=1S/C17H22ClN5S/c1-19-17(21-11-16-3-2-8-24-16)20-9-13-10-22-23(12-13)15-6-4-14(18)5-7-15/h4-7,10,12,16H,2-3,8-9,11H2,1H3,(H2,19,20,21). The molecule has 0 aliphatic carbocycles. The van der Waals surface area contributed by atoms with Crippen LogP contribution in [-0.2, 0) is 6.54 Å². The topological polar surface area (TPSA) is 54.2 Å². The number of thioether (sulfide) groups is 1. The number of nitrogens with zero attached hydrogens (tertiary/aromatic N) is 3. The molecule has 0 radical (unpaired) electrons. The van der Waals surface area contributed by atoms with Crippen molar-refractivity contribution in [2.75, 3.05) is 19.3 Å². The van der Waals surface area contributed by atoms with Crippen LogP contribution in [0.5, 0.6) is 0 Å². The van der Waals surface area contributed by atoms with E-state index >= 15 is 0 Å². The average molecular weight is 364 g/mol. The second-order valence-corrected chi connectivity index (χ2v) is 7.56. The van der Waals surface area contributed by atoms with Crippen molar-refractivity contribution < 1.29 is 0 Å². The highest BCUT2D eigenvalue weighted by Gasteiger charge is 2.15. The van der Waals surface area contributed by atoms with E-state index in [0.29, 0.717) is 11.8 Å². The van der Waals surface area contributed by atoms with Crippen molar-refractivity contribution in [3.05, 3.63) is 47.2 Å². The van der Waals surface area contributed by atoms with Gasteiger partial charge in [-0.25, -0.2) is 4.68 Å². The van der Waals surface area contributed by atoms with Gasteiger partial charge in [0.1, 0.15) is 0 Å². The maximum atomic E-state index is 5.92. The van der Waals surface area contributed by atoms with Crippen LogP contribution in [0.25, 0.3) is 5.69 Å². The summed E-state index contributed by atoms with van der Waals surface area (Å²) in [4.78, 5) is 4.28. The second-order valence-electron chi connectivity index (χ2n) is 5.71. The van der Waals surface area contributed by atoms with Crippen molar-refractivity contribution in [3.8, 4) is 5.69 Å². The Kier molecular flexibility index (Phi) is 6.04. The van der Waals surface area contributed by atoms with Crippen molar-refractivity contribution >= 4 is 29.3 Å². The lowest BCUT2D eigenvalue weighted by atomic mass is 10.2. The number of hydrogen-bond acceptors (Lipinski definition) is 3. The molecule has 128 valence electrons. The van der Waals surface area contributed by atoms with Gasteiger partial charge in [-0.3, -0.25) is 4.99 Å². The molecule has 0 spiro atoms. The van der Waals surface area contributed by atoms with Gasteiger partial charge in [0.25, 0.3) is 0 Å². The minimum Gasteiger partial charge on any atom is -0.355 e. The summed E-state index contributed by atoms with van der Waals surface area (Å²) < 4.78 is 1.85. The zero-order valence-corrected chi connectivity index (χ0v) is 15.3. The highest BCUT2D eigenvalue weighted by molar-refractivity contribution is 8.00. The molecule has 2 heterocycles. The summed E-state index contributed by atoms with van der Waals surface area (Å²) in [5.41, 5.74) is 2.09. The van der Waals surface area contributed by atoms with Crippen LogP contribution >= 0.6 is 23.4 Å². The highest BCUT2D eigenvalue weighted by atomic mass is 35.5. The highest BCUT2D eigenvalue weighted by Crippen LogP contribution is 2.25. The number of halogens is 1. The normalized spacial score (nSPS) is 17.9. The van der Waals surface area contributed by atoms with E-state index < -0.39 is 0 Å². The molecule has 3 rings (SSSR count). The minimum absolute atomic E-state index is 0.686. The van der Waals surface area contributed by atoms with Gasteiger partial charge in [-0.15, -0.1) is 0 Å². The first-order valence-corrected chi connectivity index (χ1v) is 9.53. The molecule has 1 aromatic carbocycles. The molecule has 0 amide bonds. The lowest BCUT2D eigenvalue weighted by molar-refractivity contribution is 0.726. The molecule has 1 aliphatic rings. The van der Waals surface area contributed by atoms with Crippen LogP contribution in [0.4, 0.5) is 0 Å². The number of rotatable bonds is 5. The molecule has 2 aromatic rings. The van der Waals surface area contributed by atoms with Crippen LogP contribution < -0.4 is 10.6 Å². The molecule has 1 aromatic heterocycles. The van der Waals surface area contributed by atoms with E-state index in [4.69, 9.17) is 11.6 Å². The van der Waals surface area contributed by atoms with Gasteiger partial charge in [0, 0.05) is 42.2 Å². The van der Waals surface area contributed by atoms with Crippen LogP contribution in [0, 0.1) is 0 Å². The Labute approximate surface area is 151 Å². The monoisotopic (exact) mass is 363 g/mol. The number of guanidine groups is 1. The Bertz CT molecular complexity index is 677. The fourth-order valence-electron chi connectivity index (χ4n) is 2.61. The second kappa shape index (κ2) is 8.44. The summed E-state index contributed by atoms with van der Waals surface area (Å²) in [6.07, 6.45) is 6.49. The summed E-state index contributed by atoms with van der Waals surface area (Å²) in [6.45, 7) is 1.65. The van der Waals surface area contributed by atoms with E-state index in [-0.39, 0.29) is 0 Å². The SMILES string of the molecule is CN=C(NCc1cnn(-c2ccc(Cl)cc2)c1)NCC1CCCS1. The number of nitrogens with one attached hydrogen (secondary N) is 2. The van der Waals surface area contributed by atoms with Gasteiger partial charge in [-0.2, -0.15) is 16.9 Å². The summed E-state index contributed by atoms with van der Waals surface area (Å²) in [6, 6.07) is 7.63. The molecule has 2 N–H and O–H groups in total. The zero-order valence-electron chi connectivity index (χ0n) is 13.7. The summed E-state index contributed by atoms with van der Waals surface area (Å²) >= 11 is 7.96. The number of hydrogen-bond donors (Lipinski definition) is 2. The van der Waals surface area contributed by atoms with Gasteiger partial charge in [0.15, 0.2) is 5.96 Å². The third-order valence-electron chi connectivity index (χ3n) is 3.93. The molecule has 7 heteroatoms. The molecule has 0 saturated carbocycles. The number of aromatic nitrogens is 2. The van der Waals surface area contributed by atoms with Gasteiger partial charge in [0.05, 0.1) is 11.9 Å². The van der Waals surface area contributed by atoms with Crippen LogP contribution in [0.1, 0.15) is 18.4 Å². The molecule has 1 unspecified atom stereocenters. The predicted octanol–water partition coefficient (Wildman–Crippen LogP) is 3.09. The number of aliphatic imine (C=N–C) groups is 1. The molecular formula is C17H22ClN5S. The van der Waals surface area contributed by atoms with Crippen molar-refractivity contribution in [3.63, 3.8) is 0 Å². The van der Waals surface area contributed by atoms with E-state index in [2.05, 4.69) is 20.7 Å². The van der Waals surface area contributed by atoms with Crippen molar-refractivity contribution in [1.29, 1.82) is 0 Å². The van der Waals surface area contributed by atoms with Crippen molar-refractivity contribution in [2.24, 2.45) is 4.99 Å². The van der Waals surface area contributed by atoms with E-state index in [1.165, 1.54) is 18.6 Å². The third kappa shape index (κ3) is 4.68. The first-order valence-electron chi connectivity index (χ1n) is 8.10. The summed E-state index contributed by atoms with van der Waals surface area (Å²) in [7, 11) is 1.80. The third-order valence-corrected chi connectivity index (χ3v) is 5.58. The first-order chi connectivity index (χ1) is 11.7. The molecule has 5 nitrogen and oxygen atoms in total. The molecule has 1 saturated heterocycles. The maximum absolute atomic E-state index is 5.92. The Morgan fingerprint density at radius 2 is 2.21 bits per heavy atom. The summed E-state index contributed by atoms with van der Waals surface area (Å²) in [5.74, 6) is 2.11. The molecule has 0 bridgehead atoms. The molecule has 1 fully saturated rings. The fraction of sp³-hybridized carbons (Fsp3) is 0.412. The van der Waals surface area contributed by atoms with Gasteiger partial charge in [-0.05, 0) is 42.9 Å². The first kappa shape index (κ1) is 17.2. The Hall–Kier alpha value is -1.66. The van der Waals surface area contributed by atoms with Gasteiger partial charge < -0.3 is 10.6 Å². The van der Waals surface area contributed by atoms with E-state index in [1.54, 1.807) is 7.05 Å². The molecule has 24 heavy (non-hydrogen) atoms. The largest absolute Gasteiger partial charge is 0.355 e. The van der Waals surface area contributed by atoms with Crippen LogP contribution in [0.3, 0.4) is 0 Å². The van der Waals surface area contributed by atoms with Gasteiger partial charge in [0.2, 0.25) is 0 Å². The van der Waals surface area contributed by atoms with Gasteiger partial charge in [-0.1, -0.05) is 11.6 Å². The zero-order chi connectivity index (χ0) is 16.8. The average Bonchev–Trinajstić information content (AvgIpc) is 3.27. The number of benzene rings is 1. The predicted molar refractivity (Wildman–Crippen MR) is 102 cm³/mol. The van der Waals surface area contributed by atoms with E-state index in [9.17, 15) is 0 Å². The van der Waals surface area contributed by atoms with E-state index in [0.717, 1.165) is 28.8 Å². The Morgan fingerprint density at radius 1 is 1.38 bits per heavy atom. The quantitative estimate of drug-likeness (QED) is 0.633. The Morgan fingerprint density at radius 3 is 2.92 bits per heavy atom. The fourth-order valence-corrected chi connectivity index (χ4v) is 3.94. The molecule has 1 atom stereocenters. The van der Waals surface area contributed by atoms with Gasteiger partial charge >= 0.3 is 0 Å². The Balaban J connectivity index is 1.51. The van der Waals surface area contributed by atoms with Crippen molar-refractivity contribution in [1.82, 2.24) is 20.4 Å². The maximum Gasteiger partial charge on any atom is 0.191 e. The molecular weight excluding hydrogens is 342 g/mol. The van der Waals surface area contributed by atoms with Crippen LogP contribution in [0.15, 0.2) is 41.7 Å². The molecule has 1 aliphatic heterocycles. The smallest absolute Gasteiger partial charge is 0.191 e. The van der Waals surface area contributed by atoms with E-state index in [1.807, 2.05) is 53.1 Å².